The van der Waals surface area contributed by atoms with Crippen LogP contribution < -0.4 is 4.89 Å². The van der Waals surface area contributed by atoms with E-state index >= 15 is 0 Å². The minimum atomic E-state index is 0.186. The van der Waals surface area contributed by atoms with Crippen LogP contribution in [0.1, 0.15) is 52.2 Å². The van der Waals surface area contributed by atoms with E-state index in [1.165, 1.54) is 11.1 Å². The van der Waals surface area contributed by atoms with Gasteiger partial charge >= 0.3 is 0 Å². The Labute approximate surface area is 110 Å². The van der Waals surface area contributed by atoms with Crippen molar-refractivity contribution in [2.24, 2.45) is 5.41 Å². The Bertz CT molecular complexity index is 427. The molecule has 0 amide bonds. The van der Waals surface area contributed by atoms with Crippen LogP contribution in [0.4, 0.5) is 0 Å². The Morgan fingerprint density at radius 1 is 1.11 bits per heavy atom. The summed E-state index contributed by atoms with van der Waals surface area (Å²) in [6.07, 6.45) is 2.10. The second kappa shape index (κ2) is 4.58. The van der Waals surface area contributed by atoms with Crippen molar-refractivity contribution < 1.29 is 9.78 Å². The predicted molar refractivity (Wildman–Crippen MR) is 73.8 cm³/mol. The molecule has 0 spiro atoms. The van der Waals surface area contributed by atoms with Gasteiger partial charge < -0.3 is 4.89 Å². The van der Waals surface area contributed by atoms with E-state index in [9.17, 15) is 0 Å². The van der Waals surface area contributed by atoms with Gasteiger partial charge in [-0.1, -0.05) is 46.8 Å². The van der Waals surface area contributed by atoms with Crippen molar-refractivity contribution >= 4 is 0 Å². The van der Waals surface area contributed by atoms with Crippen molar-refractivity contribution in [1.29, 1.82) is 0 Å². The summed E-state index contributed by atoms with van der Waals surface area (Å²) in [5.74, 6) is 0.872. The molecule has 1 aromatic rings. The van der Waals surface area contributed by atoms with Gasteiger partial charge in [-0.25, -0.2) is 0 Å². The first-order chi connectivity index (χ1) is 8.28. The van der Waals surface area contributed by atoms with Gasteiger partial charge in [0.2, 0.25) is 0 Å². The normalized spacial score (nSPS) is 16.1. The third-order valence-electron chi connectivity index (χ3n) is 3.42. The molecule has 0 aromatic heterocycles. The zero-order valence-corrected chi connectivity index (χ0v) is 12.2. The van der Waals surface area contributed by atoms with Crippen LogP contribution in [-0.4, -0.2) is 6.61 Å². The maximum atomic E-state index is 5.19. The lowest BCUT2D eigenvalue weighted by Gasteiger charge is -2.33. The molecule has 0 radical (unpaired) electrons. The van der Waals surface area contributed by atoms with Crippen LogP contribution in [0.5, 0.6) is 5.75 Å². The van der Waals surface area contributed by atoms with Gasteiger partial charge in [0.25, 0.3) is 0 Å². The molecule has 1 aliphatic rings. The van der Waals surface area contributed by atoms with Crippen molar-refractivity contribution in [3.8, 4) is 5.75 Å². The lowest BCUT2D eigenvalue weighted by molar-refractivity contribution is -0.215. The molecule has 0 fully saturated rings. The molecule has 2 nitrogen and oxygen atoms in total. The number of hydrogen-bond acceptors (Lipinski definition) is 2. The van der Waals surface area contributed by atoms with E-state index < -0.39 is 0 Å². The Morgan fingerprint density at radius 3 is 2.50 bits per heavy atom. The van der Waals surface area contributed by atoms with Crippen molar-refractivity contribution in [3.63, 3.8) is 0 Å². The largest absolute Gasteiger partial charge is 0.337 e. The van der Waals surface area contributed by atoms with Gasteiger partial charge in [-0.3, -0.25) is 0 Å². The molecule has 1 aliphatic heterocycles. The lowest BCUT2D eigenvalue weighted by Crippen LogP contribution is -2.25. The first kappa shape index (κ1) is 13.4. The number of hydrogen-bond donors (Lipinski definition) is 0. The first-order valence-corrected chi connectivity index (χ1v) is 6.71. The maximum Gasteiger partial charge on any atom is 0.168 e. The average Bonchev–Trinajstić information content (AvgIpc) is 2.25. The average molecular weight is 248 g/mol. The van der Waals surface area contributed by atoms with Gasteiger partial charge in [0, 0.05) is 12.0 Å². The summed E-state index contributed by atoms with van der Waals surface area (Å²) in [5, 5.41) is 0. The molecule has 0 unspecified atom stereocenters. The SMILES string of the molecule is CC(C)(C)CC(C)(C)c1ccc2c(c1)CCOO2. The topological polar surface area (TPSA) is 18.5 Å². The zero-order valence-electron chi connectivity index (χ0n) is 12.2. The van der Waals surface area contributed by atoms with Gasteiger partial charge in [0.15, 0.2) is 5.75 Å². The third kappa shape index (κ3) is 3.05. The predicted octanol–water partition coefficient (Wildman–Crippen LogP) is 4.27. The van der Waals surface area contributed by atoms with E-state index in [2.05, 4.69) is 46.8 Å². The second-order valence-electron chi connectivity index (χ2n) is 7.10. The Hall–Kier alpha value is -1.02. The first-order valence-electron chi connectivity index (χ1n) is 6.71. The smallest absolute Gasteiger partial charge is 0.168 e. The molecule has 0 aliphatic carbocycles. The van der Waals surface area contributed by atoms with Crippen molar-refractivity contribution in [3.05, 3.63) is 29.3 Å². The fourth-order valence-electron chi connectivity index (χ4n) is 2.96. The minimum absolute atomic E-state index is 0.186. The summed E-state index contributed by atoms with van der Waals surface area (Å²) in [6, 6.07) is 6.48. The molecule has 0 atom stereocenters. The van der Waals surface area contributed by atoms with Crippen molar-refractivity contribution in [2.75, 3.05) is 6.61 Å². The fourth-order valence-corrected chi connectivity index (χ4v) is 2.96. The molecular weight excluding hydrogens is 224 g/mol. The second-order valence-corrected chi connectivity index (χ2v) is 7.10. The summed E-state index contributed by atoms with van der Waals surface area (Å²) in [7, 11) is 0. The summed E-state index contributed by atoms with van der Waals surface area (Å²) < 4.78 is 0. The third-order valence-corrected chi connectivity index (χ3v) is 3.42. The van der Waals surface area contributed by atoms with Crippen LogP contribution in [0.15, 0.2) is 18.2 Å². The summed E-state index contributed by atoms with van der Waals surface area (Å²) in [4.78, 5) is 10.2. The summed E-state index contributed by atoms with van der Waals surface area (Å²) in [6.45, 7) is 12.2. The van der Waals surface area contributed by atoms with E-state index in [0.29, 0.717) is 12.0 Å². The van der Waals surface area contributed by atoms with Crippen LogP contribution in [-0.2, 0) is 16.7 Å². The highest BCUT2D eigenvalue weighted by molar-refractivity contribution is 5.40. The van der Waals surface area contributed by atoms with Gasteiger partial charge in [-0.05, 0) is 28.9 Å². The molecule has 18 heavy (non-hydrogen) atoms. The molecule has 0 saturated carbocycles. The van der Waals surface area contributed by atoms with Crippen molar-refractivity contribution in [1.82, 2.24) is 0 Å². The molecule has 1 aromatic carbocycles. The van der Waals surface area contributed by atoms with Gasteiger partial charge in [-0.2, -0.15) is 4.89 Å². The highest BCUT2D eigenvalue weighted by Crippen LogP contribution is 2.38. The molecule has 0 saturated heterocycles. The van der Waals surface area contributed by atoms with Crippen molar-refractivity contribution in [2.45, 2.75) is 52.9 Å². The van der Waals surface area contributed by atoms with E-state index in [-0.39, 0.29) is 5.41 Å². The Balaban J connectivity index is 2.27. The van der Waals surface area contributed by atoms with E-state index in [1.807, 2.05) is 6.07 Å². The highest BCUT2D eigenvalue weighted by atomic mass is 17.2. The number of rotatable bonds is 2. The molecule has 2 rings (SSSR count). The fraction of sp³-hybridized carbons (Fsp3) is 0.625. The molecular formula is C16H24O2. The quantitative estimate of drug-likeness (QED) is 0.728. The van der Waals surface area contributed by atoms with Crippen LogP contribution >= 0.6 is 0 Å². The van der Waals surface area contributed by atoms with Crippen LogP contribution in [0.2, 0.25) is 0 Å². The van der Waals surface area contributed by atoms with Crippen LogP contribution in [0.3, 0.4) is 0 Å². The van der Waals surface area contributed by atoms with E-state index in [0.717, 1.165) is 18.6 Å². The Morgan fingerprint density at radius 2 is 1.83 bits per heavy atom. The van der Waals surface area contributed by atoms with Crippen LogP contribution in [0, 0.1) is 5.41 Å². The van der Waals surface area contributed by atoms with E-state index in [1.54, 1.807) is 0 Å². The van der Waals surface area contributed by atoms with Gasteiger partial charge in [-0.15, -0.1) is 0 Å². The zero-order chi connectivity index (χ0) is 13.4. The minimum Gasteiger partial charge on any atom is -0.337 e. The highest BCUT2D eigenvalue weighted by Gasteiger charge is 2.28. The van der Waals surface area contributed by atoms with E-state index in [4.69, 9.17) is 9.78 Å². The summed E-state index contributed by atoms with van der Waals surface area (Å²) >= 11 is 0. The number of benzene rings is 1. The van der Waals surface area contributed by atoms with Gasteiger partial charge in [0.05, 0.1) is 6.61 Å². The van der Waals surface area contributed by atoms with Crippen LogP contribution in [0.25, 0.3) is 0 Å². The summed E-state index contributed by atoms with van der Waals surface area (Å²) in [5.41, 5.74) is 3.17. The number of fused-ring (bicyclic) bond motifs is 1. The Kier molecular flexibility index (Phi) is 3.41. The maximum absolute atomic E-state index is 5.19. The molecule has 0 N–H and O–H groups in total. The molecule has 2 heteroatoms. The monoisotopic (exact) mass is 248 g/mol. The molecule has 1 heterocycles. The molecule has 100 valence electrons. The lowest BCUT2D eigenvalue weighted by atomic mass is 9.72. The molecule has 0 bridgehead atoms. The van der Waals surface area contributed by atoms with Gasteiger partial charge in [0.1, 0.15) is 0 Å². The standard InChI is InChI=1S/C16H24O2/c1-15(2,3)11-16(4,5)13-6-7-14-12(10-13)8-9-17-18-14/h6-7,10H,8-9,11H2,1-5H3.